The molecule has 4 rings (SSSR count). The summed E-state index contributed by atoms with van der Waals surface area (Å²) < 4.78 is 1.89. The number of fused-ring (bicyclic) bond motifs is 1. The van der Waals surface area contributed by atoms with Gasteiger partial charge in [0.25, 0.3) is 5.91 Å². The summed E-state index contributed by atoms with van der Waals surface area (Å²) in [5.41, 5.74) is 4.80. The smallest absolute Gasteiger partial charge is 0.263 e. The molecule has 6 heteroatoms. The molecule has 1 N–H and O–H groups in total. The lowest BCUT2D eigenvalue weighted by atomic mass is 10.0. The number of hydrogen-bond acceptors (Lipinski definition) is 4. The number of nitrogens with zero attached hydrogens (tertiary/aromatic N) is 3. The monoisotopic (exact) mass is 390 g/mol. The minimum absolute atomic E-state index is 0.0354. The molecule has 5 nitrogen and oxygen atoms in total. The van der Waals surface area contributed by atoms with Gasteiger partial charge in [0.05, 0.1) is 22.9 Å². The number of thiazole rings is 1. The molecule has 0 fully saturated rings. The predicted octanol–water partition coefficient (Wildman–Crippen LogP) is 4.37. The highest BCUT2D eigenvalue weighted by atomic mass is 32.1. The van der Waals surface area contributed by atoms with Crippen LogP contribution in [0.15, 0.2) is 54.9 Å². The molecule has 2 aromatic carbocycles. The second-order valence-electron chi connectivity index (χ2n) is 6.84. The lowest BCUT2D eigenvalue weighted by molar-refractivity contribution is 0.0957. The number of benzene rings is 2. The van der Waals surface area contributed by atoms with Crippen LogP contribution < -0.4 is 5.32 Å². The molecular formula is C22H22N4OS. The normalized spacial score (nSPS) is 11.1. The van der Waals surface area contributed by atoms with Crippen LogP contribution in [0.25, 0.3) is 22.0 Å². The summed E-state index contributed by atoms with van der Waals surface area (Å²) in [6.07, 6.45) is 5.38. The molecule has 0 atom stereocenters. The summed E-state index contributed by atoms with van der Waals surface area (Å²) >= 11 is 1.42. The Bertz CT molecular complexity index is 1110. The Morgan fingerprint density at radius 2 is 1.89 bits per heavy atom. The lowest BCUT2D eigenvalue weighted by Gasteiger charge is -2.06. The van der Waals surface area contributed by atoms with E-state index in [2.05, 4.69) is 57.9 Å². The Morgan fingerprint density at radius 3 is 2.64 bits per heavy atom. The van der Waals surface area contributed by atoms with Crippen molar-refractivity contribution in [3.05, 3.63) is 70.3 Å². The van der Waals surface area contributed by atoms with Gasteiger partial charge < -0.3 is 5.32 Å². The third-order valence-electron chi connectivity index (χ3n) is 4.81. The molecule has 2 heterocycles. The Balaban J connectivity index is 1.32. The number of rotatable bonds is 6. The lowest BCUT2D eigenvalue weighted by Crippen LogP contribution is -2.23. The number of carbonyl (C=O) groups is 1. The molecule has 2 aromatic heterocycles. The molecule has 0 unspecified atom stereocenters. The zero-order valence-corrected chi connectivity index (χ0v) is 16.8. The molecule has 0 aliphatic rings. The fraction of sp³-hybridized carbons (Fsp3) is 0.227. The van der Waals surface area contributed by atoms with Gasteiger partial charge in [0.15, 0.2) is 0 Å². The van der Waals surface area contributed by atoms with Crippen LogP contribution in [0.3, 0.4) is 0 Å². The molecule has 1 amide bonds. The van der Waals surface area contributed by atoms with Crippen LogP contribution in [0.4, 0.5) is 0 Å². The Hall–Kier alpha value is -2.99. The van der Waals surface area contributed by atoms with Crippen molar-refractivity contribution in [3.8, 4) is 11.1 Å². The van der Waals surface area contributed by atoms with Crippen LogP contribution in [0, 0.1) is 6.92 Å². The highest BCUT2D eigenvalue weighted by Crippen LogP contribution is 2.24. The summed E-state index contributed by atoms with van der Waals surface area (Å²) in [4.78, 5) is 16.8. The maximum absolute atomic E-state index is 12.0. The van der Waals surface area contributed by atoms with E-state index in [-0.39, 0.29) is 5.91 Å². The molecule has 0 spiro atoms. The van der Waals surface area contributed by atoms with Gasteiger partial charge in [-0.3, -0.25) is 9.48 Å². The van der Waals surface area contributed by atoms with E-state index in [0.29, 0.717) is 11.4 Å². The first-order valence-electron chi connectivity index (χ1n) is 9.32. The second kappa shape index (κ2) is 7.94. The van der Waals surface area contributed by atoms with Gasteiger partial charge in [-0.05, 0) is 48.6 Å². The molecule has 28 heavy (non-hydrogen) atoms. The number of carbonyl (C=O) groups excluding carboxylic acids is 1. The van der Waals surface area contributed by atoms with Gasteiger partial charge in [0, 0.05) is 19.0 Å². The third-order valence-corrected chi connectivity index (χ3v) is 5.72. The summed E-state index contributed by atoms with van der Waals surface area (Å²) in [5.74, 6) is -0.0354. The fourth-order valence-electron chi connectivity index (χ4n) is 3.25. The highest BCUT2D eigenvalue weighted by molar-refractivity contribution is 7.13. The quantitative estimate of drug-likeness (QED) is 0.498. The number of hydrogen-bond donors (Lipinski definition) is 1. The van der Waals surface area contributed by atoms with E-state index in [1.807, 2.05) is 24.9 Å². The van der Waals surface area contributed by atoms with Crippen LogP contribution in [0.1, 0.15) is 26.7 Å². The van der Waals surface area contributed by atoms with Crippen molar-refractivity contribution in [2.24, 2.45) is 7.05 Å². The van der Waals surface area contributed by atoms with Gasteiger partial charge in [-0.2, -0.15) is 5.10 Å². The van der Waals surface area contributed by atoms with Crippen molar-refractivity contribution >= 4 is 28.1 Å². The topological polar surface area (TPSA) is 59.8 Å². The maximum atomic E-state index is 12.0. The first-order valence-corrected chi connectivity index (χ1v) is 10.1. The van der Waals surface area contributed by atoms with Crippen LogP contribution in [-0.2, 0) is 13.5 Å². The second-order valence-corrected chi connectivity index (χ2v) is 8.08. The summed E-state index contributed by atoms with van der Waals surface area (Å²) in [6, 6.07) is 15.1. The maximum Gasteiger partial charge on any atom is 0.263 e. The Labute approximate surface area is 168 Å². The minimum Gasteiger partial charge on any atom is -0.351 e. The largest absolute Gasteiger partial charge is 0.351 e. The summed E-state index contributed by atoms with van der Waals surface area (Å²) in [6.45, 7) is 2.56. The average Bonchev–Trinajstić information content (AvgIpc) is 3.31. The molecule has 0 radical (unpaired) electrons. The van der Waals surface area contributed by atoms with Crippen LogP contribution in [-0.4, -0.2) is 27.2 Å². The van der Waals surface area contributed by atoms with Crippen molar-refractivity contribution in [1.82, 2.24) is 20.1 Å². The Kier molecular flexibility index (Phi) is 5.21. The van der Waals surface area contributed by atoms with Gasteiger partial charge >= 0.3 is 0 Å². The SMILES string of the molecule is Cc1ncc(C(=O)NCCCc2ccc(-c3ccc4c(cnn4C)c3)cc2)s1. The van der Waals surface area contributed by atoms with E-state index in [1.165, 1.54) is 28.0 Å². The van der Waals surface area contributed by atoms with E-state index in [9.17, 15) is 4.79 Å². The van der Waals surface area contributed by atoms with Crippen molar-refractivity contribution < 1.29 is 4.79 Å². The van der Waals surface area contributed by atoms with E-state index in [0.717, 1.165) is 28.8 Å². The van der Waals surface area contributed by atoms with Gasteiger partial charge in [-0.1, -0.05) is 30.3 Å². The molecular weight excluding hydrogens is 368 g/mol. The van der Waals surface area contributed by atoms with Crippen molar-refractivity contribution in [2.75, 3.05) is 6.54 Å². The van der Waals surface area contributed by atoms with Crippen molar-refractivity contribution in [2.45, 2.75) is 19.8 Å². The molecule has 0 bridgehead atoms. The molecule has 0 aliphatic heterocycles. The van der Waals surface area contributed by atoms with Gasteiger partial charge in [0.2, 0.25) is 0 Å². The number of nitrogens with one attached hydrogen (secondary N) is 1. The fourth-order valence-corrected chi connectivity index (χ4v) is 3.95. The zero-order valence-electron chi connectivity index (χ0n) is 16.0. The minimum atomic E-state index is -0.0354. The standard InChI is InChI=1S/C22H22N4OS/c1-15-24-14-21(28-15)22(27)23-11-3-4-16-5-7-17(8-6-16)18-9-10-20-19(12-18)13-25-26(20)2/h5-10,12-14H,3-4,11H2,1-2H3,(H,23,27). The molecule has 0 aliphatic carbocycles. The van der Waals surface area contributed by atoms with Crippen molar-refractivity contribution in [1.29, 1.82) is 0 Å². The van der Waals surface area contributed by atoms with Crippen LogP contribution >= 0.6 is 11.3 Å². The first kappa shape index (κ1) is 18.4. The van der Waals surface area contributed by atoms with E-state index >= 15 is 0 Å². The summed E-state index contributed by atoms with van der Waals surface area (Å²) in [7, 11) is 1.96. The number of aromatic nitrogens is 3. The van der Waals surface area contributed by atoms with Gasteiger partial charge in [-0.25, -0.2) is 4.98 Å². The average molecular weight is 391 g/mol. The Morgan fingerprint density at radius 1 is 1.11 bits per heavy atom. The van der Waals surface area contributed by atoms with Gasteiger partial charge in [-0.15, -0.1) is 11.3 Å². The van der Waals surface area contributed by atoms with E-state index < -0.39 is 0 Å². The van der Waals surface area contributed by atoms with Crippen LogP contribution in [0.2, 0.25) is 0 Å². The number of aryl methyl sites for hydroxylation is 3. The first-order chi connectivity index (χ1) is 13.6. The summed E-state index contributed by atoms with van der Waals surface area (Å²) in [5, 5.41) is 9.32. The highest BCUT2D eigenvalue weighted by Gasteiger charge is 2.08. The van der Waals surface area contributed by atoms with Gasteiger partial charge in [0.1, 0.15) is 4.88 Å². The van der Waals surface area contributed by atoms with E-state index in [4.69, 9.17) is 0 Å². The number of amides is 1. The van der Waals surface area contributed by atoms with Crippen molar-refractivity contribution in [3.63, 3.8) is 0 Å². The predicted molar refractivity (Wildman–Crippen MR) is 114 cm³/mol. The molecule has 0 saturated carbocycles. The molecule has 142 valence electrons. The molecule has 4 aromatic rings. The van der Waals surface area contributed by atoms with E-state index in [1.54, 1.807) is 6.20 Å². The van der Waals surface area contributed by atoms with Crippen LogP contribution in [0.5, 0.6) is 0 Å². The molecule has 0 saturated heterocycles. The third kappa shape index (κ3) is 3.97. The zero-order chi connectivity index (χ0) is 19.5.